The van der Waals surface area contributed by atoms with Gasteiger partial charge in [0.1, 0.15) is 5.78 Å². The quantitative estimate of drug-likeness (QED) is 0.509. The molecule has 0 saturated heterocycles. The van der Waals surface area contributed by atoms with E-state index in [-0.39, 0.29) is 10.8 Å². The summed E-state index contributed by atoms with van der Waals surface area (Å²) in [5.74, 6) is 5.77. The van der Waals surface area contributed by atoms with Crippen LogP contribution in [0, 0.1) is 57.2 Å². The standard InChI is InChI=1S/C27H42O/c1-17(2)24-7-19-5-20(8-24)12-26(11-19,15-24)23(28)27-13-21-6-22(14-27)10-25(9-21,16-27)18(3)4/h17-22H,5-16H2,1-4H3. The molecule has 4 atom stereocenters. The number of rotatable bonds is 4. The highest BCUT2D eigenvalue weighted by molar-refractivity contribution is 5.91. The van der Waals surface area contributed by atoms with E-state index in [2.05, 4.69) is 27.7 Å². The summed E-state index contributed by atoms with van der Waals surface area (Å²) < 4.78 is 0. The molecule has 8 aliphatic rings. The van der Waals surface area contributed by atoms with Crippen LogP contribution in [0.3, 0.4) is 0 Å². The number of carbonyl (C=O) groups is 1. The Balaban J connectivity index is 1.39. The van der Waals surface area contributed by atoms with Gasteiger partial charge in [-0.3, -0.25) is 4.79 Å². The molecule has 0 aromatic heterocycles. The predicted molar refractivity (Wildman–Crippen MR) is 114 cm³/mol. The molecule has 0 radical (unpaired) electrons. The van der Waals surface area contributed by atoms with Crippen molar-refractivity contribution >= 4 is 5.78 Å². The molecule has 8 rings (SSSR count). The Hall–Kier alpha value is -0.330. The monoisotopic (exact) mass is 382 g/mol. The van der Waals surface area contributed by atoms with E-state index in [0.717, 1.165) is 41.3 Å². The van der Waals surface area contributed by atoms with E-state index in [0.29, 0.717) is 10.8 Å². The van der Waals surface area contributed by atoms with E-state index in [9.17, 15) is 4.79 Å². The number of hydrogen-bond acceptors (Lipinski definition) is 1. The maximum absolute atomic E-state index is 14.7. The molecule has 8 saturated carbocycles. The van der Waals surface area contributed by atoms with Crippen molar-refractivity contribution in [3.05, 3.63) is 0 Å². The molecule has 8 bridgehead atoms. The van der Waals surface area contributed by atoms with Crippen molar-refractivity contribution in [2.45, 2.75) is 105 Å². The molecular weight excluding hydrogens is 340 g/mol. The van der Waals surface area contributed by atoms with Gasteiger partial charge in [-0.15, -0.1) is 0 Å². The maximum atomic E-state index is 14.7. The van der Waals surface area contributed by atoms with Crippen LogP contribution in [0.4, 0.5) is 0 Å². The van der Waals surface area contributed by atoms with Crippen molar-refractivity contribution in [3.63, 3.8) is 0 Å². The van der Waals surface area contributed by atoms with Crippen LogP contribution in [0.15, 0.2) is 0 Å². The first-order valence-corrected chi connectivity index (χ1v) is 12.7. The van der Waals surface area contributed by atoms with Crippen LogP contribution < -0.4 is 0 Å². The molecule has 1 heteroatoms. The lowest BCUT2D eigenvalue weighted by atomic mass is 9.35. The summed E-state index contributed by atoms with van der Waals surface area (Å²) in [6.45, 7) is 9.85. The van der Waals surface area contributed by atoms with Crippen molar-refractivity contribution < 1.29 is 4.79 Å². The molecule has 28 heavy (non-hydrogen) atoms. The molecule has 0 aromatic rings. The summed E-state index contributed by atoms with van der Waals surface area (Å²) in [4.78, 5) is 14.7. The summed E-state index contributed by atoms with van der Waals surface area (Å²) in [6, 6.07) is 0. The lowest BCUT2D eigenvalue weighted by molar-refractivity contribution is -0.192. The number of ketones is 1. The smallest absolute Gasteiger partial charge is 0.145 e. The molecule has 0 amide bonds. The van der Waals surface area contributed by atoms with Crippen molar-refractivity contribution in [1.29, 1.82) is 0 Å². The third-order valence-electron chi connectivity index (χ3n) is 11.6. The van der Waals surface area contributed by atoms with Gasteiger partial charge in [0, 0.05) is 10.8 Å². The van der Waals surface area contributed by atoms with Crippen LogP contribution in [0.1, 0.15) is 105 Å². The van der Waals surface area contributed by atoms with E-state index in [1.54, 1.807) is 0 Å². The minimum atomic E-state index is 0.0815. The molecule has 0 aromatic carbocycles. The van der Waals surface area contributed by atoms with Gasteiger partial charge in [-0.05, 0) is 123 Å². The topological polar surface area (TPSA) is 17.1 Å². The van der Waals surface area contributed by atoms with Crippen LogP contribution in [0.25, 0.3) is 0 Å². The maximum Gasteiger partial charge on any atom is 0.145 e. The molecule has 8 fully saturated rings. The zero-order valence-electron chi connectivity index (χ0n) is 18.9. The average Bonchev–Trinajstić information content (AvgIpc) is 2.58. The Morgan fingerprint density at radius 3 is 1.21 bits per heavy atom. The van der Waals surface area contributed by atoms with E-state index < -0.39 is 0 Å². The molecule has 4 unspecified atom stereocenters. The highest BCUT2D eigenvalue weighted by Crippen LogP contribution is 2.73. The van der Waals surface area contributed by atoms with Gasteiger partial charge in [-0.1, -0.05) is 27.7 Å². The number of carbonyl (C=O) groups excluding carboxylic acids is 1. The summed E-state index contributed by atoms with van der Waals surface area (Å²) in [6.07, 6.45) is 16.2. The Morgan fingerprint density at radius 2 is 0.929 bits per heavy atom. The van der Waals surface area contributed by atoms with E-state index >= 15 is 0 Å². The van der Waals surface area contributed by atoms with Crippen molar-refractivity contribution in [1.82, 2.24) is 0 Å². The molecule has 156 valence electrons. The minimum absolute atomic E-state index is 0.0815. The van der Waals surface area contributed by atoms with Gasteiger partial charge < -0.3 is 0 Å². The van der Waals surface area contributed by atoms with Crippen LogP contribution in [0.2, 0.25) is 0 Å². The van der Waals surface area contributed by atoms with Crippen molar-refractivity contribution in [3.8, 4) is 0 Å². The largest absolute Gasteiger partial charge is 0.298 e. The molecule has 1 nitrogen and oxygen atoms in total. The Kier molecular flexibility index (Phi) is 3.60. The summed E-state index contributed by atoms with van der Waals surface area (Å²) >= 11 is 0. The highest BCUT2D eigenvalue weighted by Gasteiger charge is 2.68. The minimum Gasteiger partial charge on any atom is -0.298 e. The van der Waals surface area contributed by atoms with E-state index in [1.165, 1.54) is 77.0 Å². The van der Waals surface area contributed by atoms with Crippen LogP contribution in [-0.2, 0) is 4.79 Å². The highest BCUT2D eigenvalue weighted by atomic mass is 16.1. The van der Waals surface area contributed by atoms with Gasteiger partial charge in [-0.25, -0.2) is 0 Å². The Bertz CT molecular complexity index is 613. The molecule has 8 aliphatic carbocycles. The summed E-state index contributed by atoms with van der Waals surface area (Å²) in [5.41, 5.74) is 1.16. The van der Waals surface area contributed by atoms with E-state index in [4.69, 9.17) is 0 Å². The summed E-state index contributed by atoms with van der Waals surface area (Å²) in [5, 5.41) is 0. The number of Topliss-reactive ketones (excluding diaryl/α,β-unsaturated/α-hetero) is 1. The Labute approximate surface area is 172 Å². The van der Waals surface area contributed by atoms with Gasteiger partial charge >= 0.3 is 0 Å². The molecule has 0 N–H and O–H groups in total. The lowest BCUT2D eigenvalue weighted by Crippen LogP contribution is -2.63. The van der Waals surface area contributed by atoms with Gasteiger partial charge in [0.15, 0.2) is 0 Å². The fourth-order valence-electron chi connectivity index (χ4n) is 11.1. The van der Waals surface area contributed by atoms with Crippen LogP contribution in [-0.4, -0.2) is 5.78 Å². The van der Waals surface area contributed by atoms with Crippen LogP contribution in [0.5, 0.6) is 0 Å². The Morgan fingerprint density at radius 1 is 0.607 bits per heavy atom. The predicted octanol–water partition coefficient (Wildman–Crippen LogP) is 7.04. The molecular formula is C27H42O. The fourth-order valence-corrected chi connectivity index (χ4v) is 11.1. The number of hydrogen-bond donors (Lipinski definition) is 0. The second-order valence-electron chi connectivity index (χ2n) is 13.8. The molecule has 0 heterocycles. The first kappa shape index (κ1) is 18.4. The second kappa shape index (κ2) is 5.47. The average molecular weight is 383 g/mol. The SMILES string of the molecule is CC(C)C12CC3CC(CC(C(=O)C45CC6CC(C4)CC(C(C)C)(C6)C5)(C3)C1)C2. The zero-order chi connectivity index (χ0) is 19.5. The van der Waals surface area contributed by atoms with Crippen molar-refractivity contribution in [2.24, 2.45) is 57.2 Å². The first-order chi connectivity index (χ1) is 13.2. The van der Waals surface area contributed by atoms with Gasteiger partial charge in [0.25, 0.3) is 0 Å². The fraction of sp³-hybridized carbons (Fsp3) is 0.963. The van der Waals surface area contributed by atoms with Gasteiger partial charge in [-0.2, -0.15) is 0 Å². The van der Waals surface area contributed by atoms with E-state index in [1.807, 2.05) is 0 Å². The third kappa shape index (κ3) is 2.23. The normalized spacial score (nSPS) is 56.2. The van der Waals surface area contributed by atoms with Gasteiger partial charge in [0.05, 0.1) is 0 Å². The molecule has 0 aliphatic heterocycles. The van der Waals surface area contributed by atoms with Crippen molar-refractivity contribution in [2.75, 3.05) is 0 Å². The zero-order valence-corrected chi connectivity index (χ0v) is 18.9. The second-order valence-corrected chi connectivity index (χ2v) is 13.8. The lowest BCUT2D eigenvalue weighted by Gasteiger charge is -2.68. The summed E-state index contributed by atoms with van der Waals surface area (Å²) in [7, 11) is 0. The van der Waals surface area contributed by atoms with Gasteiger partial charge in [0.2, 0.25) is 0 Å². The first-order valence-electron chi connectivity index (χ1n) is 12.7. The molecule has 0 spiro atoms. The van der Waals surface area contributed by atoms with Crippen LogP contribution >= 0.6 is 0 Å². The third-order valence-corrected chi connectivity index (χ3v) is 11.6.